The lowest BCUT2D eigenvalue weighted by Crippen LogP contribution is -2.43. The average Bonchev–Trinajstić information content (AvgIpc) is 3.11. The summed E-state index contributed by atoms with van der Waals surface area (Å²) < 4.78 is 5.40. The summed E-state index contributed by atoms with van der Waals surface area (Å²) in [7, 11) is 0. The summed E-state index contributed by atoms with van der Waals surface area (Å²) in [6.45, 7) is 5.63. The highest BCUT2D eigenvalue weighted by Crippen LogP contribution is 2.73. The van der Waals surface area contributed by atoms with Gasteiger partial charge in [0.2, 0.25) is 0 Å². The highest BCUT2D eigenvalue weighted by molar-refractivity contribution is 5.76. The zero-order chi connectivity index (χ0) is 12.9. The van der Waals surface area contributed by atoms with Gasteiger partial charge in [-0.3, -0.25) is 4.79 Å². The largest absolute Gasteiger partial charge is 0.465 e. The molecule has 0 aromatic rings. The monoisotopic (exact) mass is 260 g/mol. The first-order valence-electron chi connectivity index (χ1n) is 8.39. The summed E-state index contributed by atoms with van der Waals surface area (Å²) in [5.74, 6) is 8.25. The van der Waals surface area contributed by atoms with Gasteiger partial charge in [-0.25, -0.2) is 0 Å². The van der Waals surface area contributed by atoms with E-state index in [-0.39, 0.29) is 5.97 Å². The van der Waals surface area contributed by atoms with Gasteiger partial charge >= 0.3 is 5.97 Å². The Kier molecular flexibility index (Phi) is 1.98. The molecule has 4 saturated carbocycles. The molecule has 10 unspecified atom stereocenters. The van der Waals surface area contributed by atoms with Crippen LogP contribution in [0.5, 0.6) is 0 Å². The molecule has 0 N–H and O–H groups in total. The molecule has 1 saturated heterocycles. The molecular formula is C17H24O2. The predicted octanol–water partition coefficient (Wildman–Crippen LogP) is 2.97. The number of carbonyl (C=O) groups is 1. The molecule has 5 fully saturated rings. The van der Waals surface area contributed by atoms with Gasteiger partial charge in [0.1, 0.15) is 0 Å². The molecule has 1 aliphatic heterocycles. The van der Waals surface area contributed by atoms with Crippen LogP contribution >= 0.6 is 0 Å². The van der Waals surface area contributed by atoms with Gasteiger partial charge in [-0.15, -0.1) is 0 Å². The van der Waals surface area contributed by atoms with Crippen molar-refractivity contribution in [3.8, 4) is 0 Å². The SMILES string of the molecule is CCC1C(C)C2CC1C1C3CC(C4COC(=O)C43)C21. The minimum atomic E-state index is 0.153. The van der Waals surface area contributed by atoms with Crippen molar-refractivity contribution in [3.05, 3.63) is 0 Å². The lowest BCUT2D eigenvalue weighted by molar-refractivity contribution is -0.143. The Bertz CT molecular complexity index is 445. The smallest absolute Gasteiger partial charge is 0.309 e. The number of esters is 1. The minimum Gasteiger partial charge on any atom is -0.465 e. The molecule has 0 aromatic heterocycles. The Morgan fingerprint density at radius 2 is 1.79 bits per heavy atom. The van der Waals surface area contributed by atoms with Crippen molar-refractivity contribution in [1.82, 2.24) is 0 Å². The van der Waals surface area contributed by atoms with Crippen molar-refractivity contribution in [2.75, 3.05) is 6.61 Å². The van der Waals surface area contributed by atoms with Crippen LogP contribution in [0.1, 0.15) is 33.1 Å². The van der Waals surface area contributed by atoms with Crippen LogP contribution in [-0.4, -0.2) is 12.6 Å². The van der Waals surface area contributed by atoms with E-state index in [0.717, 1.165) is 48.0 Å². The number of hydrogen-bond acceptors (Lipinski definition) is 2. The van der Waals surface area contributed by atoms with Crippen LogP contribution in [0.2, 0.25) is 0 Å². The highest BCUT2D eigenvalue weighted by atomic mass is 16.5. The summed E-state index contributed by atoms with van der Waals surface area (Å²) in [4.78, 5) is 12.0. The molecule has 0 spiro atoms. The van der Waals surface area contributed by atoms with Crippen molar-refractivity contribution < 1.29 is 9.53 Å². The third-order valence-corrected chi connectivity index (χ3v) is 8.05. The minimum absolute atomic E-state index is 0.153. The topological polar surface area (TPSA) is 26.3 Å². The molecule has 104 valence electrons. The lowest BCUT2D eigenvalue weighted by atomic mass is 9.59. The number of hydrogen-bond donors (Lipinski definition) is 0. The molecule has 5 aliphatic rings. The first kappa shape index (κ1) is 11.2. The molecule has 10 atom stereocenters. The van der Waals surface area contributed by atoms with Gasteiger partial charge in [0.25, 0.3) is 0 Å². The van der Waals surface area contributed by atoms with Gasteiger partial charge < -0.3 is 4.74 Å². The molecule has 1 heterocycles. The van der Waals surface area contributed by atoms with E-state index in [2.05, 4.69) is 13.8 Å². The summed E-state index contributed by atoms with van der Waals surface area (Å²) in [6.07, 6.45) is 4.19. The maximum Gasteiger partial charge on any atom is 0.309 e. The number of fused-ring (bicyclic) bond motifs is 12. The van der Waals surface area contributed by atoms with E-state index >= 15 is 0 Å². The van der Waals surface area contributed by atoms with Crippen molar-refractivity contribution in [3.63, 3.8) is 0 Å². The van der Waals surface area contributed by atoms with Crippen LogP contribution in [0.4, 0.5) is 0 Å². The second-order valence-corrected chi connectivity index (χ2v) is 8.03. The molecule has 4 bridgehead atoms. The zero-order valence-electron chi connectivity index (χ0n) is 11.9. The van der Waals surface area contributed by atoms with E-state index in [0.29, 0.717) is 17.8 Å². The highest BCUT2D eigenvalue weighted by Gasteiger charge is 2.71. The van der Waals surface area contributed by atoms with Gasteiger partial charge in [-0.2, -0.15) is 0 Å². The van der Waals surface area contributed by atoms with Crippen molar-refractivity contribution in [2.45, 2.75) is 33.1 Å². The first-order valence-corrected chi connectivity index (χ1v) is 8.39. The standard InChI is InChI=1S/C17H24O2/c1-3-8-7(2)9-4-10(8)15-12-5-11(14(9)15)13-6-19-17(18)16(12)13/h7-16H,3-6H2,1-2H3. The Balaban J connectivity index is 1.54. The number of rotatable bonds is 1. The predicted molar refractivity (Wildman–Crippen MR) is 71.1 cm³/mol. The summed E-state index contributed by atoms with van der Waals surface area (Å²) in [6, 6.07) is 0. The van der Waals surface area contributed by atoms with Gasteiger partial charge in [0.15, 0.2) is 0 Å². The Hall–Kier alpha value is -0.530. The summed E-state index contributed by atoms with van der Waals surface area (Å²) in [5, 5.41) is 0. The maximum absolute atomic E-state index is 12.0. The molecular weight excluding hydrogens is 236 g/mol. The normalized spacial score (nSPS) is 64.4. The molecule has 2 heteroatoms. The van der Waals surface area contributed by atoms with Gasteiger partial charge in [-0.05, 0) is 60.2 Å². The molecule has 5 rings (SSSR count). The van der Waals surface area contributed by atoms with E-state index in [9.17, 15) is 4.79 Å². The molecule has 19 heavy (non-hydrogen) atoms. The Morgan fingerprint density at radius 3 is 2.58 bits per heavy atom. The Labute approximate surface area is 115 Å². The number of carbonyl (C=O) groups excluding carboxylic acids is 1. The van der Waals surface area contributed by atoms with Crippen LogP contribution < -0.4 is 0 Å². The Morgan fingerprint density at radius 1 is 1.05 bits per heavy atom. The fraction of sp³-hybridized carbons (Fsp3) is 0.941. The van der Waals surface area contributed by atoms with E-state index < -0.39 is 0 Å². The fourth-order valence-electron chi connectivity index (χ4n) is 7.72. The third-order valence-electron chi connectivity index (χ3n) is 8.05. The molecule has 0 aromatic carbocycles. The van der Waals surface area contributed by atoms with Crippen LogP contribution in [-0.2, 0) is 9.53 Å². The van der Waals surface area contributed by atoms with Gasteiger partial charge in [0, 0.05) is 5.92 Å². The maximum atomic E-state index is 12.0. The zero-order valence-corrected chi connectivity index (χ0v) is 11.9. The summed E-state index contributed by atoms with van der Waals surface area (Å²) in [5.41, 5.74) is 0. The van der Waals surface area contributed by atoms with Crippen molar-refractivity contribution in [1.29, 1.82) is 0 Å². The second kappa shape index (κ2) is 3.38. The second-order valence-electron chi connectivity index (χ2n) is 8.03. The van der Waals surface area contributed by atoms with Crippen LogP contribution in [0.3, 0.4) is 0 Å². The fourth-order valence-corrected chi connectivity index (χ4v) is 7.72. The van der Waals surface area contributed by atoms with Crippen LogP contribution in [0.15, 0.2) is 0 Å². The quantitative estimate of drug-likeness (QED) is 0.535. The van der Waals surface area contributed by atoms with Crippen molar-refractivity contribution >= 4 is 5.97 Å². The van der Waals surface area contributed by atoms with Gasteiger partial charge in [0.05, 0.1) is 12.5 Å². The van der Waals surface area contributed by atoms with Crippen LogP contribution in [0.25, 0.3) is 0 Å². The van der Waals surface area contributed by atoms with E-state index in [1.165, 1.54) is 19.3 Å². The van der Waals surface area contributed by atoms with E-state index in [1.54, 1.807) is 0 Å². The molecule has 4 aliphatic carbocycles. The molecule has 2 nitrogen and oxygen atoms in total. The van der Waals surface area contributed by atoms with E-state index in [4.69, 9.17) is 4.74 Å². The number of cyclic esters (lactones) is 1. The lowest BCUT2D eigenvalue weighted by Gasteiger charge is -2.44. The van der Waals surface area contributed by atoms with Crippen LogP contribution in [0, 0.1) is 59.2 Å². The summed E-state index contributed by atoms with van der Waals surface area (Å²) >= 11 is 0. The average molecular weight is 260 g/mol. The van der Waals surface area contributed by atoms with Gasteiger partial charge in [-0.1, -0.05) is 20.3 Å². The number of ether oxygens (including phenoxy) is 1. The van der Waals surface area contributed by atoms with Crippen molar-refractivity contribution in [2.24, 2.45) is 59.2 Å². The third kappa shape index (κ3) is 1.07. The molecule has 0 radical (unpaired) electrons. The molecule has 0 amide bonds. The van der Waals surface area contributed by atoms with E-state index in [1.807, 2.05) is 0 Å². The first-order chi connectivity index (χ1) is 9.22.